The number of aliphatic imine (C=N–C) groups is 1. The van der Waals surface area contributed by atoms with Crippen LogP contribution in [-0.4, -0.2) is 61.8 Å². The van der Waals surface area contributed by atoms with E-state index in [1.165, 1.54) is 9.75 Å². The lowest BCUT2D eigenvalue weighted by Crippen LogP contribution is -2.24. The molecule has 202 valence electrons. The second-order valence-corrected chi connectivity index (χ2v) is 11.7. The molecule has 2 N–H and O–H groups in total. The average molecular weight is 556 g/mol. The van der Waals surface area contributed by atoms with E-state index in [9.17, 15) is 8.78 Å². The number of aromatic amines is 2. The molecule has 0 atom stereocenters. The molecule has 2 aliphatic heterocycles. The summed E-state index contributed by atoms with van der Waals surface area (Å²) in [7, 11) is 0. The minimum atomic E-state index is -2.61. The van der Waals surface area contributed by atoms with Crippen LogP contribution >= 0.6 is 11.3 Å². The third kappa shape index (κ3) is 4.77. The summed E-state index contributed by atoms with van der Waals surface area (Å²) in [5, 5.41) is 8.72. The van der Waals surface area contributed by atoms with Gasteiger partial charge in [-0.1, -0.05) is 0 Å². The lowest BCUT2D eigenvalue weighted by Gasteiger charge is -2.15. The number of aryl methyl sites for hydroxylation is 1. The van der Waals surface area contributed by atoms with Crippen molar-refractivity contribution in [2.45, 2.75) is 32.2 Å². The van der Waals surface area contributed by atoms with Crippen LogP contribution in [0.1, 0.15) is 33.0 Å². The highest BCUT2D eigenvalue weighted by Crippen LogP contribution is 2.36. The van der Waals surface area contributed by atoms with Crippen molar-refractivity contribution in [1.82, 2.24) is 30.0 Å². The van der Waals surface area contributed by atoms with E-state index in [-0.39, 0.29) is 13.0 Å². The fourth-order valence-corrected chi connectivity index (χ4v) is 6.43. The van der Waals surface area contributed by atoms with Gasteiger partial charge in [0.05, 0.1) is 29.6 Å². The average Bonchev–Trinajstić information content (AvgIpc) is 3.71. The number of nitrogens with zero attached hydrogens (tertiary/aromatic N) is 5. The molecular formula is C30H27F2N7S. The molecule has 0 aliphatic carbocycles. The van der Waals surface area contributed by atoms with Crippen molar-refractivity contribution >= 4 is 34.0 Å². The van der Waals surface area contributed by atoms with Crippen LogP contribution in [0.25, 0.3) is 39.1 Å². The highest BCUT2D eigenvalue weighted by Gasteiger charge is 2.37. The quantitative estimate of drug-likeness (QED) is 0.267. The van der Waals surface area contributed by atoms with E-state index in [0.717, 1.165) is 62.4 Å². The van der Waals surface area contributed by atoms with Crippen molar-refractivity contribution in [2.75, 3.05) is 19.6 Å². The highest BCUT2D eigenvalue weighted by atomic mass is 32.1. The lowest BCUT2D eigenvalue weighted by atomic mass is 10.0. The third-order valence-electron chi connectivity index (χ3n) is 7.48. The SMILES string of the molecule is Cc1ccc(/C2=C/C=NCCc3[nH]c(-c4n[nH]c5cnc(-c6cncc(CN7CCC(F)(F)C7)c6)cc45)cc32)s1. The van der Waals surface area contributed by atoms with E-state index in [1.54, 1.807) is 34.8 Å². The molecular weight excluding hydrogens is 528 g/mol. The number of nitrogens with one attached hydrogen (secondary N) is 2. The predicted molar refractivity (Wildman–Crippen MR) is 155 cm³/mol. The zero-order valence-corrected chi connectivity index (χ0v) is 22.7. The number of rotatable bonds is 5. The first-order valence-electron chi connectivity index (χ1n) is 13.3. The van der Waals surface area contributed by atoms with E-state index in [0.29, 0.717) is 19.6 Å². The monoisotopic (exact) mass is 555 g/mol. The lowest BCUT2D eigenvalue weighted by molar-refractivity contribution is 0.0115. The number of hydrogen-bond acceptors (Lipinski definition) is 6. The van der Waals surface area contributed by atoms with Gasteiger partial charge in [-0.15, -0.1) is 11.3 Å². The summed E-state index contributed by atoms with van der Waals surface area (Å²) >= 11 is 1.77. The standard InChI is InChI=1S/C30H27F2N7S/c1-18-2-3-28(40-18)21-4-7-33-8-5-24-22(21)11-26(36-24)29-23-12-25(35-15-27(23)37-38-29)20-10-19(13-34-14-20)16-39-9-6-30(31,32)17-39/h2-4,7,10-15,36H,5-6,8-9,16-17H2,1H3,(H,37,38)/b21-4+,33-7?. The van der Waals surface area contributed by atoms with Crippen LogP contribution in [0.4, 0.5) is 8.78 Å². The summed E-state index contributed by atoms with van der Waals surface area (Å²) in [5.41, 5.74) is 8.51. The Hall–Kier alpha value is -4.02. The Balaban J connectivity index is 1.23. The van der Waals surface area contributed by atoms with Crippen LogP contribution in [0.3, 0.4) is 0 Å². The van der Waals surface area contributed by atoms with E-state index in [4.69, 9.17) is 0 Å². The molecule has 1 saturated heterocycles. The summed E-state index contributed by atoms with van der Waals surface area (Å²) in [6.07, 6.45) is 9.98. The van der Waals surface area contributed by atoms with Crippen molar-refractivity contribution < 1.29 is 8.78 Å². The molecule has 40 heavy (non-hydrogen) atoms. The molecule has 7 nitrogen and oxygen atoms in total. The fraction of sp³-hybridized carbons (Fsp3) is 0.267. The molecule has 7 heterocycles. The molecule has 0 aromatic carbocycles. The first-order chi connectivity index (χ1) is 19.4. The molecule has 10 heteroatoms. The first kappa shape index (κ1) is 25.0. The zero-order valence-electron chi connectivity index (χ0n) is 21.9. The molecule has 0 spiro atoms. The number of alkyl halides is 2. The molecule has 0 unspecified atom stereocenters. The van der Waals surface area contributed by atoms with Crippen LogP contribution in [0.2, 0.25) is 0 Å². The Bertz CT molecular complexity index is 1780. The van der Waals surface area contributed by atoms with Gasteiger partial charge in [0.25, 0.3) is 5.92 Å². The molecule has 0 bridgehead atoms. The van der Waals surface area contributed by atoms with Crippen molar-refractivity contribution in [3.05, 3.63) is 81.6 Å². The van der Waals surface area contributed by atoms with E-state index in [2.05, 4.69) is 61.3 Å². The van der Waals surface area contributed by atoms with Gasteiger partial charge in [0.2, 0.25) is 0 Å². The molecule has 1 fully saturated rings. The molecule has 7 rings (SSSR count). The normalized spacial score (nSPS) is 18.4. The van der Waals surface area contributed by atoms with Gasteiger partial charge in [0.15, 0.2) is 0 Å². The number of H-pyrrole nitrogens is 2. The summed E-state index contributed by atoms with van der Waals surface area (Å²) in [6, 6.07) is 10.5. The maximum Gasteiger partial charge on any atom is 0.261 e. The van der Waals surface area contributed by atoms with E-state index in [1.807, 2.05) is 18.3 Å². The molecule has 5 aromatic rings. The Kier molecular flexibility index (Phi) is 6.16. The molecule has 2 aliphatic rings. The summed E-state index contributed by atoms with van der Waals surface area (Å²) in [5.74, 6) is -2.61. The number of likely N-dealkylation sites (tertiary alicyclic amines) is 1. The number of allylic oxidation sites excluding steroid dienone is 1. The number of hydrogen-bond donors (Lipinski definition) is 2. The first-order valence-corrected chi connectivity index (χ1v) is 14.1. The zero-order chi connectivity index (χ0) is 27.3. The minimum Gasteiger partial charge on any atom is -0.356 e. The van der Waals surface area contributed by atoms with Crippen LogP contribution < -0.4 is 0 Å². The topological polar surface area (TPSA) is 85.8 Å². The maximum atomic E-state index is 13.7. The second-order valence-electron chi connectivity index (χ2n) is 10.5. The summed E-state index contributed by atoms with van der Waals surface area (Å²) in [6.45, 7) is 3.44. The van der Waals surface area contributed by atoms with Gasteiger partial charge < -0.3 is 4.98 Å². The van der Waals surface area contributed by atoms with Gasteiger partial charge >= 0.3 is 0 Å². The van der Waals surface area contributed by atoms with E-state index >= 15 is 0 Å². The molecule has 0 saturated carbocycles. The van der Waals surface area contributed by atoms with Crippen LogP contribution in [0, 0.1) is 6.92 Å². The van der Waals surface area contributed by atoms with Crippen molar-refractivity contribution in [2.24, 2.45) is 4.99 Å². The number of aromatic nitrogens is 5. The molecule has 5 aromatic heterocycles. The number of pyridine rings is 2. The van der Waals surface area contributed by atoms with Crippen molar-refractivity contribution in [1.29, 1.82) is 0 Å². The smallest absolute Gasteiger partial charge is 0.261 e. The minimum absolute atomic E-state index is 0.0962. The fourth-order valence-electron chi connectivity index (χ4n) is 5.52. The van der Waals surface area contributed by atoms with Gasteiger partial charge in [-0.25, -0.2) is 8.78 Å². The van der Waals surface area contributed by atoms with Gasteiger partial charge in [0, 0.05) is 88.6 Å². The van der Waals surface area contributed by atoms with Gasteiger partial charge in [-0.05, 0) is 48.9 Å². The Labute approximate surface area is 233 Å². The second kappa shape index (κ2) is 9.87. The van der Waals surface area contributed by atoms with Gasteiger partial charge in [0.1, 0.15) is 5.69 Å². The van der Waals surface area contributed by atoms with Crippen LogP contribution in [-0.2, 0) is 13.0 Å². The van der Waals surface area contributed by atoms with Crippen LogP contribution in [0.15, 0.2) is 60.0 Å². The largest absolute Gasteiger partial charge is 0.356 e. The Morgan fingerprint density at radius 3 is 2.88 bits per heavy atom. The third-order valence-corrected chi connectivity index (χ3v) is 8.51. The predicted octanol–water partition coefficient (Wildman–Crippen LogP) is 6.28. The summed E-state index contributed by atoms with van der Waals surface area (Å²) in [4.78, 5) is 21.4. The van der Waals surface area contributed by atoms with Crippen LogP contribution in [0.5, 0.6) is 0 Å². The van der Waals surface area contributed by atoms with E-state index < -0.39 is 5.92 Å². The van der Waals surface area contributed by atoms with Gasteiger partial charge in [-0.2, -0.15) is 5.10 Å². The van der Waals surface area contributed by atoms with Gasteiger partial charge in [-0.3, -0.25) is 25.0 Å². The Morgan fingerprint density at radius 1 is 1.12 bits per heavy atom. The van der Waals surface area contributed by atoms with Crippen molar-refractivity contribution in [3.8, 4) is 22.6 Å². The van der Waals surface area contributed by atoms with Crippen molar-refractivity contribution in [3.63, 3.8) is 0 Å². The maximum absolute atomic E-state index is 13.7. The summed E-state index contributed by atoms with van der Waals surface area (Å²) < 4.78 is 27.3. The highest BCUT2D eigenvalue weighted by molar-refractivity contribution is 7.13. The molecule has 0 amide bonds. The number of fused-ring (bicyclic) bond motifs is 2. The molecule has 0 radical (unpaired) electrons. The Morgan fingerprint density at radius 2 is 2.05 bits per heavy atom. The number of thiophene rings is 1. The number of halogens is 2.